The first-order valence-electron chi connectivity index (χ1n) is 6.88. The fraction of sp³-hybridized carbons (Fsp3) is 0.250. The lowest BCUT2D eigenvalue weighted by Gasteiger charge is -2.12. The van der Waals surface area contributed by atoms with Crippen molar-refractivity contribution in [1.82, 2.24) is 4.90 Å². The third-order valence-corrected chi connectivity index (χ3v) is 5.12. The van der Waals surface area contributed by atoms with Crippen molar-refractivity contribution in [2.45, 2.75) is 6.92 Å². The summed E-state index contributed by atoms with van der Waals surface area (Å²) in [6.45, 7) is 6.51. The second-order valence-corrected chi connectivity index (χ2v) is 7.07. The molecule has 0 radical (unpaired) electrons. The minimum absolute atomic E-state index is 0.111. The summed E-state index contributed by atoms with van der Waals surface area (Å²) in [4.78, 5) is 14.5. The molecule has 2 rings (SSSR count). The minimum Gasteiger partial charge on any atom is -0.493 e. The highest BCUT2D eigenvalue weighted by Gasteiger charge is 2.31. The lowest BCUT2D eigenvalue weighted by atomic mass is 10.2. The van der Waals surface area contributed by atoms with Crippen LogP contribution in [0.2, 0.25) is 0 Å². The van der Waals surface area contributed by atoms with Gasteiger partial charge in [0.2, 0.25) is 0 Å². The molecule has 1 saturated heterocycles. The highest BCUT2D eigenvalue weighted by molar-refractivity contribution is 9.10. The Bertz CT molecular complexity index is 688. The Kier molecular flexibility index (Phi) is 6.26. The monoisotopic (exact) mass is 413 g/mol. The van der Waals surface area contributed by atoms with Crippen LogP contribution in [-0.2, 0) is 4.79 Å². The van der Waals surface area contributed by atoms with Crippen LogP contribution in [-0.4, -0.2) is 35.4 Å². The van der Waals surface area contributed by atoms with Gasteiger partial charge in [0.1, 0.15) is 4.32 Å². The molecule has 0 aliphatic carbocycles. The number of amides is 1. The van der Waals surface area contributed by atoms with Crippen molar-refractivity contribution in [1.29, 1.82) is 0 Å². The number of methoxy groups -OCH3 is 1. The highest BCUT2D eigenvalue weighted by atomic mass is 79.9. The smallest absolute Gasteiger partial charge is 0.266 e. The Hall–Kier alpha value is -1.31. The maximum absolute atomic E-state index is 12.4. The zero-order chi connectivity index (χ0) is 17.0. The summed E-state index contributed by atoms with van der Waals surface area (Å²) in [6.07, 6.45) is 3.45. The third kappa shape index (κ3) is 3.97. The molecule has 0 aromatic heterocycles. The maximum atomic E-state index is 12.4. The predicted octanol–water partition coefficient (Wildman–Crippen LogP) is 4.24. The zero-order valence-corrected chi connectivity index (χ0v) is 16.0. The molecule has 1 aliphatic heterocycles. The van der Waals surface area contributed by atoms with Gasteiger partial charge in [-0.2, -0.15) is 0 Å². The molecular formula is C16H16BrNO3S2. The van der Waals surface area contributed by atoms with Crippen LogP contribution in [0.4, 0.5) is 0 Å². The summed E-state index contributed by atoms with van der Waals surface area (Å²) in [7, 11) is 1.58. The van der Waals surface area contributed by atoms with Crippen LogP contribution in [0, 0.1) is 0 Å². The molecule has 23 heavy (non-hydrogen) atoms. The van der Waals surface area contributed by atoms with Crippen LogP contribution in [0.15, 0.2) is 34.2 Å². The van der Waals surface area contributed by atoms with Gasteiger partial charge in [-0.1, -0.05) is 46.0 Å². The average Bonchev–Trinajstić information content (AvgIpc) is 2.78. The van der Waals surface area contributed by atoms with Crippen molar-refractivity contribution < 1.29 is 14.3 Å². The van der Waals surface area contributed by atoms with Gasteiger partial charge < -0.3 is 9.47 Å². The summed E-state index contributed by atoms with van der Waals surface area (Å²) >= 11 is 10.0. The van der Waals surface area contributed by atoms with Crippen molar-refractivity contribution >= 4 is 56.2 Å². The van der Waals surface area contributed by atoms with Crippen molar-refractivity contribution in [3.63, 3.8) is 0 Å². The van der Waals surface area contributed by atoms with Crippen molar-refractivity contribution in [2.75, 3.05) is 20.3 Å². The number of halogens is 1. The van der Waals surface area contributed by atoms with E-state index >= 15 is 0 Å². The van der Waals surface area contributed by atoms with E-state index in [-0.39, 0.29) is 5.91 Å². The summed E-state index contributed by atoms with van der Waals surface area (Å²) in [6, 6.07) is 3.66. The van der Waals surface area contributed by atoms with Crippen LogP contribution >= 0.6 is 39.9 Å². The van der Waals surface area contributed by atoms with Gasteiger partial charge in [-0.3, -0.25) is 9.69 Å². The Balaban J connectivity index is 2.37. The average molecular weight is 414 g/mol. The number of carbonyl (C=O) groups excluding carboxylic acids is 1. The van der Waals surface area contributed by atoms with E-state index in [1.54, 1.807) is 19.3 Å². The van der Waals surface area contributed by atoms with E-state index in [1.165, 1.54) is 16.7 Å². The number of ether oxygens (including phenoxy) is 2. The molecule has 1 heterocycles. The van der Waals surface area contributed by atoms with E-state index in [1.807, 2.05) is 19.1 Å². The summed E-state index contributed by atoms with van der Waals surface area (Å²) in [5.41, 5.74) is 0.824. The standard InChI is InChI=1S/C16H16BrNO3S2/c1-4-6-18-15(19)14(23-16(18)22)8-10-7-12(20-3)13(21-5-2)9-11(10)17/h4,7-9H,1,5-6H2,2-3H3/b14-8+. The van der Waals surface area contributed by atoms with E-state index in [4.69, 9.17) is 21.7 Å². The van der Waals surface area contributed by atoms with Gasteiger partial charge in [-0.05, 0) is 30.7 Å². The van der Waals surface area contributed by atoms with E-state index < -0.39 is 0 Å². The Morgan fingerprint density at radius 3 is 2.78 bits per heavy atom. The lowest BCUT2D eigenvalue weighted by molar-refractivity contribution is -0.121. The normalized spacial score (nSPS) is 16.1. The summed E-state index contributed by atoms with van der Waals surface area (Å²) < 4.78 is 12.2. The molecule has 1 aromatic carbocycles. The molecular weight excluding hydrogens is 398 g/mol. The predicted molar refractivity (Wildman–Crippen MR) is 102 cm³/mol. The molecule has 0 saturated carbocycles. The number of hydrogen-bond acceptors (Lipinski definition) is 5. The number of benzene rings is 1. The van der Waals surface area contributed by atoms with Gasteiger partial charge in [-0.15, -0.1) is 6.58 Å². The van der Waals surface area contributed by atoms with Crippen LogP contribution in [0.25, 0.3) is 6.08 Å². The second-order valence-electron chi connectivity index (χ2n) is 4.54. The van der Waals surface area contributed by atoms with E-state index in [0.717, 1.165) is 10.0 Å². The van der Waals surface area contributed by atoms with Crippen LogP contribution < -0.4 is 9.47 Å². The SMILES string of the molecule is C=CCN1C(=O)/C(=C\c2cc(OC)c(OCC)cc2Br)SC1=S. The number of hydrogen-bond donors (Lipinski definition) is 0. The molecule has 4 nitrogen and oxygen atoms in total. The first-order chi connectivity index (χ1) is 11.0. The quantitative estimate of drug-likeness (QED) is 0.396. The second kappa shape index (κ2) is 7.99. The molecule has 0 spiro atoms. The largest absolute Gasteiger partial charge is 0.493 e. The highest BCUT2D eigenvalue weighted by Crippen LogP contribution is 2.38. The maximum Gasteiger partial charge on any atom is 0.266 e. The molecule has 1 aliphatic rings. The Labute approximate surface area is 153 Å². The Morgan fingerprint density at radius 1 is 1.43 bits per heavy atom. The molecule has 1 fully saturated rings. The van der Waals surface area contributed by atoms with Crippen molar-refractivity contribution in [2.24, 2.45) is 0 Å². The molecule has 122 valence electrons. The number of thioether (sulfide) groups is 1. The first-order valence-corrected chi connectivity index (χ1v) is 8.90. The van der Waals surface area contributed by atoms with Crippen molar-refractivity contribution in [3.05, 3.63) is 39.7 Å². The topological polar surface area (TPSA) is 38.8 Å². The van der Waals surface area contributed by atoms with Gasteiger partial charge in [0.25, 0.3) is 5.91 Å². The Morgan fingerprint density at radius 2 is 2.17 bits per heavy atom. The van der Waals surface area contributed by atoms with E-state index in [0.29, 0.717) is 33.9 Å². The number of thiocarbonyl (C=S) groups is 1. The molecule has 0 bridgehead atoms. The molecule has 1 aromatic rings. The molecule has 1 amide bonds. The summed E-state index contributed by atoms with van der Waals surface area (Å²) in [5.74, 6) is 1.15. The van der Waals surface area contributed by atoms with Gasteiger partial charge in [-0.25, -0.2) is 0 Å². The zero-order valence-electron chi connectivity index (χ0n) is 12.8. The number of carbonyl (C=O) groups is 1. The van der Waals surface area contributed by atoms with Gasteiger partial charge in [0.05, 0.1) is 18.6 Å². The van der Waals surface area contributed by atoms with Crippen LogP contribution in [0.1, 0.15) is 12.5 Å². The summed E-state index contributed by atoms with van der Waals surface area (Å²) in [5, 5.41) is 0. The minimum atomic E-state index is -0.111. The molecule has 0 atom stereocenters. The van der Waals surface area contributed by atoms with Crippen LogP contribution in [0.5, 0.6) is 11.5 Å². The van der Waals surface area contributed by atoms with Gasteiger partial charge in [0.15, 0.2) is 11.5 Å². The first kappa shape index (κ1) is 18.0. The molecule has 0 unspecified atom stereocenters. The van der Waals surface area contributed by atoms with Crippen LogP contribution in [0.3, 0.4) is 0 Å². The fourth-order valence-electron chi connectivity index (χ4n) is 2.02. The van der Waals surface area contributed by atoms with Crippen molar-refractivity contribution in [3.8, 4) is 11.5 Å². The molecule has 0 N–H and O–H groups in total. The van der Waals surface area contributed by atoms with E-state index in [9.17, 15) is 4.79 Å². The lowest BCUT2D eigenvalue weighted by Crippen LogP contribution is -2.27. The third-order valence-electron chi connectivity index (χ3n) is 3.05. The van der Waals surface area contributed by atoms with E-state index in [2.05, 4.69) is 22.5 Å². The number of rotatable bonds is 6. The number of nitrogens with zero attached hydrogens (tertiary/aromatic N) is 1. The molecule has 7 heteroatoms. The van der Waals surface area contributed by atoms with Gasteiger partial charge >= 0.3 is 0 Å². The fourth-order valence-corrected chi connectivity index (χ4v) is 3.72. The van der Waals surface area contributed by atoms with Gasteiger partial charge in [0, 0.05) is 11.0 Å².